The first kappa shape index (κ1) is 14.9. The molecule has 1 unspecified atom stereocenters. The van der Waals surface area contributed by atoms with Crippen LogP contribution in [0.1, 0.15) is 29.1 Å². The van der Waals surface area contributed by atoms with Gasteiger partial charge in [0.25, 0.3) is 5.91 Å². The number of halogens is 1. The van der Waals surface area contributed by atoms with Crippen molar-refractivity contribution in [3.63, 3.8) is 0 Å². The summed E-state index contributed by atoms with van der Waals surface area (Å²) in [6.07, 6.45) is 2.93. The third-order valence-corrected chi connectivity index (χ3v) is 3.51. The summed E-state index contributed by atoms with van der Waals surface area (Å²) in [5, 5.41) is 17.1. The zero-order valence-electron chi connectivity index (χ0n) is 12.6. The van der Waals surface area contributed by atoms with Gasteiger partial charge in [-0.15, -0.1) is 10.2 Å². The largest absolute Gasteiger partial charge is 0.342 e. The molecule has 1 amide bonds. The van der Waals surface area contributed by atoms with Crippen LogP contribution in [0.4, 0.5) is 4.39 Å². The molecule has 2 aromatic heterocycles. The summed E-state index contributed by atoms with van der Waals surface area (Å²) in [6.45, 7) is 1.80. The van der Waals surface area contributed by atoms with Crippen LogP contribution in [0.15, 0.2) is 36.8 Å². The van der Waals surface area contributed by atoms with Gasteiger partial charge in [0.1, 0.15) is 12.1 Å². The van der Waals surface area contributed by atoms with Crippen LogP contribution in [-0.4, -0.2) is 30.9 Å². The summed E-state index contributed by atoms with van der Waals surface area (Å²) in [7, 11) is 1.79. The lowest BCUT2D eigenvalue weighted by atomic mass is 10.1. The average Bonchev–Trinajstić information content (AvgIpc) is 3.16. The molecule has 3 aromatic rings. The Labute approximate surface area is 131 Å². The number of benzene rings is 1. The normalized spacial score (nSPS) is 12.1. The number of aromatic nitrogens is 5. The van der Waals surface area contributed by atoms with Gasteiger partial charge in [0.2, 0.25) is 0 Å². The topological polar surface area (TPSA) is 88.5 Å². The highest BCUT2D eigenvalue weighted by molar-refractivity contribution is 5.99. The highest BCUT2D eigenvalue weighted by atomic mass is 19.1. The molecule has 8 heteroatoms. The standard InChI is InChI=1S/C15H15FN6O/c1-9(14-21-18-8-22(14)2)19-15(23)11-7-17-20-13(11)10-5-3-4-6-12(10)16/h3-9H,1-2H3,(H,17,20)(H,19,23). The van der Waals surface area contributed by atoms with E-state index in [-0.39, 0.29) is 17.5 Å². The van der Waals surface area contributed by atoms with Crippen molar-refractivity contribution in [1.29, 1.82) is 0 Å². The average molecular weight is 314 g/mol. The SMILES string of the molecule is CC(NC(=O)c1cn[nH]c1-c1ccccc1F)c1nncn1C. The fourth-order valence-corrected chi connectivity index (χ4v) is 2.35. The first-order valence-corrected chi connectivity index (χ1v) is 7.01. The van der Waals surface area contributed by atoms with Crippen molar-refractivity contribution in [2.75, 3.05) is 0 Å². The molecule has 0 aliphatic heterocycles. The predicted octanol–water partition coefficient (Wildman–Crippen LogP) is 1.84. The van der Waals surface area contributed by atoms with Gasteiger partial charge in [-0.1, -0.05) is 12.1 Å². The minimum atomic E-state index is -0.424. The van der Waals surface area contributed by atoms with Crippen LogP contribution in [0.2, 0.25) is 0 Å². The van der Waals surface area contributed by atoms with Crippen LogP contribution in [0.5, 0.6) is 0 Å². The smallest absolute Gasteiger partial charge is 0.255 e. The highest BCUT2D eigenvalue weighted by Gasteiger charge is 2.21. The van der Waals surface area contributed by atoms with Crippen molar-refractivity contribution < 1.29 is 9.18 Å². The van der Waals surface area contributed by atoms with Gasteiger partial charge in [0.15, 0.2) is 5.82 Å². The molecule has 7 nitrogen and oxygen atoms in total. The van der Waals surface area contributed by atoms with Crippen LogP contribution in [0, 0.1) is 5.82 Å². The summed E-state index contributed by atoms with van der Waals surface area (Å²) in [5.41, 5.74) is 0.899. The van der Waals surface area contributed by atoms with E-state index in [4.69, 9.17) is 0 Å². The quantitative estimate of drug-likeness (QED) is 0.769. The zero-order chi connectivity index (χ0) is 16.4. The molecule has 0 aliphatic carbocycles. The second kappa shape index (κ2) is 5.99. The van der Waals surface area contributed by atoms with E-state index in [0.29, 0.717) is 17.1 Å². The van der Waals surface area contributed by atoms with Crippen LogP contribution in [0.3, 0.4) is 0 Å². The Bertz CT molecular complexity index is 840. The van der Waals surface area contributed by atoms with E-state index in [9.17, 15) is 9.18 Å². The van der Waals surface area contributed by atoms with Gasteiger partial charge in [-0.25, -0.2) is 4.39 Å². The molecule has 2 heterocycles. The Morgan fingerprint density at radius 3 is 2.87 bits per heavy atom. The van der Waals surface area contributed by atoms with E-state index in [1.807, 2.05) is 0 Å². The third-order valence-electron chi connectivity index (χ3n) is 3.51. The Morgan fingerprint density at radius 2 is 2.17 bits per heavy atom. The lowest BCUT2D eigenvalue weighted by Gasteiger charge is -2.13. The van der Waals surface area contributed by atoms with E-state index in [1.54, 1.807) is 43.1 Å². The van der Waals surface area contributed by atoms with Crippen molar-refractivity contribution in [2.45, 2.75) is 13.0 Å². The second-order valence-corrected chi connectivity index (χ2v) is 5.13. The van der Waals surface area contributed by atoms with Crippen molar-refractivity contribution in [3.8, 4) is 11.3 Å². The van der Waals surface area contributed by atoms with Crippen LogP contribution in [-0.2, 0) is 7.05 Å². The summed E-state index contributed by atoms with van der Waals surface area (Å²) in [6, 6.07) is 5.86. The molecule has 0 aliphatic rings. The second-order valence-electron chi connectivity index (χ2n) is 5.13. The number of H-pyrrole nitrogens is 1. The van der Waals surface area contributed by atoms with Gasteiger partial charge in [-0.3, -0.25) is 9.89 Å². The minimum absolute atomic E-state index is 0.268. The van der Waals surface area contributed by atoms with Crippen molar-refractivity contribution in [2.24, 2.45) is 7.05 Å². The molecule has 23 heavy (non-hydrogen) atoms. The van der Waals surface area contributed by atoms with Gasteiger partial charge in [0.05, 0.1) is 23.5 Å². The maximum atomic E-state index is 13.9. The molecule has 118 valence electrons. The first-order valence-electron chi connectivity index (χ1n) is 7.01. The van der Waals surface area contributed by atoms with Crippen LogP contribution >= 0.6 is 0 Å². The third kappa shape index (κ3) is 2.83. The number of carbonyl (C=O) groups excluding carboxylic acids is 1. The number of amides is 1. The van der Waals surface area contributed by atoms with Gasteiger partial charge in [-0.2, -0.15) is 5.10 Å². The number of hydrogen-bond donors (Lipinski definition) is 2. The Morgan fingerprint density at radius 1 is 1.39 bits per heavy atom. The molecule has 0 saturated carbocycles. The van der Waals surface area contributed by atoms with E-state index in [0.717, 1.165) is 0 Å². The van der Waals surface area contributed by atoms with E-state index >= 15 is 0 Å². The summed E-state index contributed by atoms with van der Waals surface area (Å²) >= 11 is 0. The van der Waals surface area contributed by atoms with E-state index in [1.165, 1.54) is 12.3 Å². The molecule has 1 aromatic carbocycles. The van der Waals surface area contributed by atoms with Crippen molar-refractivity contribution in [1.82, 2.24) is 30.3 Å². The lowest BCUT2D eigenvalue weighted by Crippen LogP contribution is -2.28. The van der Waals surface area contributed by atoms with E-state index in [2.05, 4.69) is 25.7 Å². The Balaban J connectivity index is 1.86. The molecule has 0 spiro atoms. The summed E-state index contributed by atoms with van der Waals surface area (Å²) in [4.78, 5) is 12.5. The van der Waals surface area contributed by atoms with Gasteiger partial charge >= 0.3 is 0 Å². The molecule has 0 bridgehead atoms. The predicted molar refractivity (Wildman–Crippen MR) is 80.9 cm³/mol. The summed E-state index contributed by atoms with van der Waals surface area (Å²) in [5.74, 6) is -0.172. The number of nitrogens with zero attached hydrogens (tertiary/aromatic N) is 4. The summed E-state index contributed by atoms with van der Waals surface area (Å²) < 4.78 is 15.7. The molecule has 0 radical (unpaired) electrons. The number of carbonyl (C=O) groups is 1. The first-order chi connectivity index (χ1) is 11.1. The maximum Gasteiger partial charge on any atom is 0.255 e. The molecular weight excluding hydrogens is 299 g/mol. The molecule has 0 saturated heterocycles. The lowest BCUT2D eigenvalue weighted by molar-refractivity contribution is 0.0938. The molecule has 3 rings (SSSR count). The number of hydrogen-bond acceptors (Lipinski definition) is 4. The Kier molecular flexibility index (Phi) is 3.88. The van der Waals surface area contributed by atoms with Gasteiger partial charge < -0.3 is 9.88 Å². The van der Waals surface area contributed by atoms with Crippen molar-refractivity contribution >= 4 is 5.91 Å². The van der Waals surface area contributed by atoms with Crippen LogP contribution in [0.25, 0.3) is 11.3 Å². The minimum Gasteiger partial charge on any atom is -0.342 e. The number of aryl methyl sites for hydroxylation is 1. The van der Waals surface area contributed by atoms with Crippen LogP contribution < -0.4 is 5.32 Å². The molecule has 0 fully saturated rings. The zero-order valence-corrected chi connectivity index (χ0v) is 12.6. The highest BCUT2D eigenvalue weighted by Crippen LogP contribution is 2.24. The Hall–Kier alpha value is -3.03. The molecule has 1 atom stereocenters. The fraction of sp³-hybridized carbons (Fsp3) is 0.200. The number of aromatic amines is 1. The number of rotatable bonds is 4. The van der Waals surface area contributed by atoms with Gasteiger partial charge in [0, 0.05) is 12.6 Å². The molecule has 2 N–H and O–H groups in total. The van der Waals surface area contributed by atoms with E-state index < -0.39 is 5.82 Å². The van der Waals surface area contributed by atoms with Crippen molar-refractivity contribution in [3.05, 3.63) is 54.0 Å². The fourth-order valence-electron chi connectivity index (χ4n) is 2.35. The molecular formula is C15H15FN6O. The van der Waals surface area contributed by atoms with Gasteiger partial charge in [-0.05, 0) is 19.1 Å². The monoisotopic (exact) mass is 314 g/mol. The maximum absolute atomic E-state index is 13.9. The number of nitrogens with one attached hydrogen (secondary N) is 2.